The van der Waals surface area contributed by atoms with Crippen LogP contribution in [0.2, 0.25) is 0 Å². The molecule has 0 fully saturated rings. The maximum absolute atomic E-state index is 11.5. The van der Waals surface area contributed by atoms with Crippen LogP contribution in [-0.2, 0) is 0 Å². The predicted octanol–water partition coefficient (Wildman–Crippen LogP) is 2.29. The van der Waals surface area contributed by atoms with Crippen molar-refractivity contribution in [2.75, 3.05) is 18.1 Å². The first-order valence-corrected chi connectivity index (χ1v) is 6.31. The number of nitrogen functional groups attached to an aromatic ring is 1. The summed E-state index contributed by atoms with van der Waals surface area (Å²) >= 11 is 1.40. The molecule has 0 aliphatic heterocycles. The Hall–Kier alpha value is -1.23. The third-order valence-electron chi connectivity index (χ3n) is 2.53. The van der Waals surface area contributed by atoms with Gasteiger partial charge in [-0.3, -0.25) is 4.79 Å². The van der Waals surface area contributed by atoms with Crippen LogP contribution in [0.3, 0.4) is 0 Å². The summed E-state index contributed by atoms with van der Waals surface area (Å²) in [6, 6.07) is 2.27. The molecule has 0 aliphatic rings. The van der Waals surface area contributed by atoms with Crippen molar-refractivity contribution in [3.05, 3.63) is 10.9 Å². The van der Waals surface area contributed by atoms with E-state index in [-0.39, 0.29) is 5.91 Å². The molecule has 0 unspecified atom stereocenters. The quantitative estimate of drug-likeness (QED) is 0.741. The number of carbonyl (C=O) groups is 1. The molecule has 1 aromatic rings. The summed E-state index contributed by atoms with van der Waals surface area (Å²) in [4.78, 5) is 12.0. The summed E-state index contributed by atoms with van der Waals surface area (Å²) in [6.45, 7) is 4.27. The van der Waals surface area contributed by atoms with E-state index in [1.54, 1.807) is 7.05 Å². The Labute approximate surface area is 100 Å². The van der Waals surface area contributed by atoms with Crippen molar-refractivity contribution in [2.45, 2.75) is 32.7 Å². The van der Waals surface area contributed by atoms with Gasteiger partial charge < -0.3 is 16.4 Å². The number of hydrogen-bond acceptors (Lipinski definition) is 4. The average Bonchev–Trinajstić information content (AvgIpc) is 2.66. The zero-order chi connectivity index (χ0) is 12.1. The van der Waals surface area contributed by atoms with Crippen LogP contribution in [0.15, 0.2) is 6.07 Å². The maximum Gasteiger partial charge on any atom is 0.263 e. The topological polar surface area (TPSA) is 67.1 Å². The van der Waals surface area contributed by atoms with Crippen molar-refractivity contribution < 1.29 is 4.79 Å². The third kappa shape index (κ3) is 2.88. The summed E-state index contributed by atoms with van der Waals surface area (Å²) in [5.74, 6) is -0.125. The van der Waals surface area contributed by atoms with E-state index in [0.29, 0.717) is 16.6 Å². The third-order valence-corrected chi connectivity index (χ3v) is 3.61. The Bertz CT molecular complexity index is 358. The first kappa shape index (κ1) is 12.8. The number of thiophene rings is 1. The Kier molecular flexibility index (Phi) is 4.61. The van der Waals surface area contributed by atoms with Crippen molar-refractivity contribution in [3.63, 3.8) is 0 Å². The summed E-state index contributed by atoms with van der Waals surface area (Å²) in [5.41, 5.74) is 6.33. The van der Waals surface area contributed by atoms with E-state index in [1.807, 2.05) is 6.07 Å². The van der Waals surface area contributed by atoms with E-state index >= 15 is 0 Å². The molecule has 1 heterocycles. The lowest BCUT2D eigenvalue weighted by Crippen LogP contribution is -2.17. The molecular formula is C11H19N3OS. The van der Waals surface area contributed by atoms with Gasteiger partial charge in [0.15, 0.2) is 0 Å². The number of nitrogens with two attached hydrogens (primary N) is 1. The fraction of sp³-hybridized carbons (Fsp3) is 0.545. The molecule has 4 nitrogen and oxygen atoms in total. The standard InChI is InChI=1S/C11H19N3OS/c1-4-7(5-2)14-9-6-8(12)10(16-9)11(15)13-3/h6-7,14H,4-5,12H2,1-3H3,(H,13,15). The first-order chi connectivity index (χ1) is 7.62. The minimum Gasteiger partial charge on any atom is -0.397 e. The van der Waals surface area contributed by atoms with Crippen molar-refractivity contribution in [1.82, 2.24) is 5.32 Å². The van der Waals surface area contributed by atoms with Gasteiger partial charge in [0.25, 0.3) is 5.91 Å². The highest BCUT2D eigenvalue weighted by molar-refractivity contribution is 7.18. The van der Waals surface area contributed by atoms with Crippen molar-refractivity contribution >= 4 is 27.9 Å². The molecule has 0 radical (unpaired) electrons. The number of amides is 1. The Morgan fingerprint density at radius 3 is 2.62 bits per heavy atom. The number of hydrogen-bond donors (Lipinski definition) is 3. The summed E-state index contributed by atoms with van der Waals surface area (Å²) in [5, 5.41) is 6.92. The highest BCUT2D eigenvalue weighted by atomic mass is 32.1. The molecule has 16 heavy (non-hydrogen) atoms. The van der Waals surface area contributed by atoms with Crippen LogP contribution in [0.4, 0.5) is 10.7 Å². The summed E-state index contributed by atoms with van der Waals surface area (Å²) < 4.78 is 0. The lowest BCUT2D eigenvalue weighted by atomic mass is 10.2. The Morgan fingerprint density at radius 2 is 2.12 bits per heavy atom. The molecule has 4 N–H and O–H groups in total. The number of rotatable bonds is 5. The second-order valence-corrected chi connectivity index (χ2v) is 4.68. The summed E-state index contributed by atoms with van der Waals surface area (Å²) in [6.07, 6.45) is 2.12. The molecule has 90 valence electrons. The van der Waals surface area contributed by atoms with E-state index in [9.17, 15) is 4.79 Å². The minimum absolute atomic E-state index is 0.125. The van der Waals surface area contributed by atoms with Crippen LogP contribution in [-0.4, -0.2) is 19.0 Å². The lowest BCUT2D eigenvalue weighted by molar-refractivity contribution is 0.0968. The van der Waals surface area contributed by atoms with Gasteiger partial charge in [0.1, 0.15) is 4.88 Å². The number of anilines is 2. The van der Waals surface area contributed by atoms with Gasteiger partial charge in [-0.25, -0.2) is 0 Å². The van der Waals surface area contributed by atoms with Crippen LogP contribution in [0.5, 0.6) is 0 Å². The van der Waals surface area contributed by atoms with Gasteiger partial charge in [0.2, 0.25) is 0 Å². The molecular weight excluding hydrogens is 222 g/mol. The maximum atomic E-state index is 11.5. The van der Waals surface area contributed by atoms with Gasteiger partial charge in [0.05, 0.1) is 10.7 Å². The Balaban J connectivity index is 2.80. The fourth-order valence-corrected chi connectivity index (χ4v) is 2.46. The molecule has 0 saturated carbocycles. The Morgan fingerprint density at radius 1 is 1.50 bits per heavy atom. The first-order valence-electron chi connectivity index (χ1n) is 5.50. The minimum atomic E-state index is -0.125. The molecule has 0 atom stereocenters. The van der Waals surface area contributed by atoms with Crippen molar-refractivity contribution in [2.24, 2.45) is 0 Å². The van der Waals surface area contributed by atoms with E-state index in [4.69, 9.17) is 5.73 Å². The van der Waals surface area contributed by atoms with Gasteiger partial charge in [-0.15, -0.1) is 11.3 Å². The molecule has 0 spiro atoms. The van der Waals surface area contributed by atoms with Crippen LogP contribution in [0.25, 0.3) is 0 Å². The van der Waals surface area contributed by atoms with E-state index in [0.717, 1.165) is 17.8 Å². The average molecular weight is 241 g/mol. The largest absolute Gasteiger partial charge is 0.397 e. The van der Waals surface area contributed by atoms with Crippen LogP contribution < -0.4 is 16.4 Å². The van der Waals surface area contributed by atoms with E-state index < -0.39 is 0 Å². The second-order valence-electron chi connectivity index (χ2n) is 3.63. The van der Waals surface area contributed by atoms with E-state index in [1.165, 1.54) is 11.3 Å². The predicted molar refractivity (Wildman–Crippen MR) is 70.1 cm³/mol. The zero-order valence-electron chi connectivity index (χ0n) is 9.96. The molecule has 1 aromatic heterocycles. The number of carbonyl (C=O) groups excluding carboxylic acids is 1. The smallest absolute Gasteiger partial charge is 0.263 e. The van der Waals surface area contributed by atoms with E-state index in [2.05, 4.69) is 24.5 Å². The van der Waals surface area contributed by atoms with Gasteiger partial charge in [-0.05, 0) is 18.9 Å². The van der Waals surface area contributed by atoms with Gasteiger partial charge in [-0.2, -0.15) is 0 Å². The van der Waals surface area contributed by atoms with Crippen molar-refractivity contribution in [3.8, 4) is 0 Å². The summed E-state index contributed by atoms with van der Waals surface area (Å²) in [7, 11) is 1.61. The monoisotopic (exact) mass is 241 g/mol. The van der Waals surface area contributed by atoms with Gasteiger partial charge in [0, 0.05) is 13.1 Å². The second kappa shape index (κ2) is 5.75. The SMILES string of the molecule is CCC(CC)Nc1cc(N)c(C(=O)NC)s1. The molecule has 0 saturated heterocycles. The van der Waals surface area contributed by atoms with Crippen LogP contribution in [0, 0.1) is 0 Å². The highest BCUT2D eigenvalue weighted by Crippen LogP contribution is 2.30. The molecule has 0 bridgehead atoms. The fourth-order valence-electron chi connectivity index (χ4n) is 1.46. The highest BCUT2D eigenvalue weighted by Gasteiger charge is 2.14. The van der Waals surface area contributed by atoms with Gasteiger partial charge >= 0.3 is 0 Å². The van der Waals surface area contributed by atoms with Crippen LogP contribution >= 0.6 is 11.3 Å². The molecule has 0 aromatic carbocycles. The lowest BCUT2D eigenvalue weighted by Gasteiger charge is -2.13. The molecule has 1 rings (SSSR count). The molecule has 1 amide bonds. The number of nitrogens with one attached hydrogen (secondary N) is 2. The molecule has 5 heteroatoms. The molecule has 0 aliphatic carbocycles. The van der Waals surface area contributed by atoms with Crippen LogP contribution in [0.1, 0.15) is 36.4 Å². The van der Waals surface area contributed by atoms with Gasteiger partial charge in [-0.1, -0.05) is 13.8 Å². The normalized spacial score (nSPS) is 10.5. The zero-order valence-corrected chi connectivity index (χ0v) is 10.8. The van der Waals surface area contributed by atoms with Crippen molar-refractivity contribution in [1.29, 1.82) is 0 Å².